The van der Waals surface area contributed by atoms with Crippen LogP contribution in [-0.4, -0.2) is 43.6 Å². The first kappa shape index (κ1) is 14.8. The SMILES string of the molecule is CCC1C(=O)NCCN1C(CN)c1ccccc1OC. The molecule has 5 nitrogen and oxygen atoms in total. The van der Waals surface area contributed by atoms with Crippen LogP contribution in [0.2, 0.25) is 0 Å². The summed E-state index contributed by atoms with van der Waals surface area (Å²) in [5, 5.41) is 2.92. The van der Waals surface area contributed by atoms with Crippen LogP contribution >= 0.6 is 0 Å². The van der Waals surface area contributed by atoms with E-state index in [1.165, 1.54) is 0 Å². The third-order valence-corrected chi connectivity index (χ3v) is 3.88. The molecule has 2 atom stereocenters. The molecule has 1 aliphatic heterocycles. The molecule has 20 heavy (non-hydrogen) atoms. The van der Waals surface area contributed by atoms with Crippen molar-refractivity contribution in [3.05, 3.63) is 29.8 Å². The fourth-order valence-corrected chi connectivity index (χ4v) is 2.91. The molecule has 0 saturated carbocycles. The van der Waals surface area contributed by atoms with Crippen molar-refractivity contribution in [2.75, 3.05) is 26.7 Å². The van der Waals surface area contributed by atoms with E-state index in [0.717, 1.165) is 24.3 Å². The van der Waals surface area contributed by atoms with Gasteiger partial charge >= 0.3 is 0 Å². The smallest absolute Gasteiger partial charge is 0.237 e. The molecular weight excluding hydrogens is 254 g/mol. The van der Waals surface area contributed by atoms with Gasteiger partial charge in [0, 0.05) is 25.2 Å². The van der Waals surface area contributed by atoms with Gasteiger partial charge in [0.25, 0.3) is 0 Å². The van der Waals surface area contributed by atoms with Gasteiger partial charge in [0.2, 0.25) is 5.91 Å². The van der Waals surface area contributed by atoms with Crippen LogP contribution in [0.25, 0.3) is 0 Å². The van der Waals surface area contributed by atoms with Crippen molar-refractivity contribution in [3.8, 4) is 5.75 Å². The number of nitrogens with two attached hydrogens (primary N) is 1. The Bertz CT molecular complexity index is 464. The van der Waals surface area contributed by atoms with Crippen LogP contribution in [0.15, 0.2) is 24.3 Å². The summed E-state index contributed by atoms with van der Waals surface area (Å²) < 4.78 is 5.43. The Morgan fingerprint density at radius 3 is 2.90 bits per heavy atom. The number of nitrogens with one attached hydrogen (secondary N) is 1. The van der Waals surface area contributed by atoms with Crippen molar-refractivity contribution in [3.63, 3.8) is 0 Å². The van der Waals surface area contributed by atoms with Crippen molar-refractivity contribution in [1.82, 2.24) is 10.2 Å². The lowest BCUT2D eigenvalue weighted by Crippen LogP contribution is -2.56. The van der Waals surface area contributed by atoms with Gasteiger partial charge in [-0.25, -0.2) is 0 Å². The van der Waals surface area contributed by atoms with Crippen LogP contribution < -0.4 is 15.8 Å². The second-order valence-corrected chi connectivity index (χ2v) is 4.95. The Morgan fingerprint density at radius 2 is 2.25 bits per heavy atom. The standard InChI is InChI=1S/C15H23N3O2/c1-3-12-15(19)17-8-9-18(12)13(10-16)11-6-4-5-7-14(11)20-2/h4-7,12-13H,3,8-10,16H2,1-2H3,(H,17,19). The first-order valence-electron chi connectivity index (χ1n) is 7.09. The molecule has 1 amide bonds. The van der Waals surface area contributed by atoms with Crippen LogP contribution in [0.1, 0.15) is 24.9 Å². The summed E-state index contributed by atoms with van der Waals surface area (Å²) in [7, 11) is 1.66. The quantitative estimate of drug-likeness (QED) is 0.839. The first-order chi connectivity index (χ1) is 9.72. The third kappa shape index (κ3) is 2.78. The van der Waals surface area contributed by atoms with Crippen molar-refractivity contribution in [1.29, 1.82) is 0 Å². The summed E-state index contributed by atoms with van der Waals surface area (Å²) >= 11 is 0. The van der Waals surface area contributed by atoms with E-state index in [1.807, 2.05) is 31.2 Å². The second-order valence-electron chi connectivity index (χ2n) is 4.95. The van der Waals surface area contributed by atoms with Crippen molar-refractivity contribution >= 4 is 5.91 Å². The summed E-state index contributed by atoms with van der Waals surface area (Å²) in [6.07, 6.45) is 0.775. The van der Waals surface area contributed by atoms with Crippen LogP contribution in [0.4, 0.5) is 0 Å². The van der Waals surface area contributed by atoms with Crippen LogP contribution in [0.3, 0.4) is 0 Å². The molecule has 5 heteroatoms. The molecule has 0 aliphatic carbocycles. The van der Waals surface area contributed by atoms with Gasteiger partial charge in [0.1, 0.15) is 5.75 Å². The Kier molecular flexibility index (Phi) is 4.98. The number of carbonyl (C=O) groups excluding carboxylic acids is 1. The molecule has 1 aromatic carbocycles. The molecule has 110 valence electrons. The molecule has 0 aromatic heterocycles. The lowest BCUT2D eigenvalue weighted by Gasteiger charge is -2.40. The zero-order valence-corrected chi connectivity index (χ0v) is 12.1. The summed E-state index contributed by atoms with van der Waals surface area (Å²) in [6, 6.07) is 7.75. The maximum atomic E-state index is 12.0. The Balaban J connectivity index is 2.33. The number of hydrogen-bond donors (Lipinski definition) is 2. The highest BCUT2D eigenvalue weighted by atomic mass is 16.5. The normalized spacial score (nSPS) is 21.4. The number of rotatable bonds is 5. The van der Waals surface area contributed by atoms with Gasteiger partial charge in [-0.3, -0.25) is 9.69 Å². The number of benzene rings is 1. The number of ether oxygens (including phenoxy) is 1. The third-order valence-electron chi connectivity index (χ3n) is 3.88. The van der Waals surface area contributed by atoms with Gasteiger partial charge in [-0.2, -0.15) is 0 Å². The number of nitrogens with zero attached hydrogens (tertiary/aromatic N) is 1. The minimum atomic E-state index is -0.123. The number of piperazine rings is 1. The summed E-state index contributed by atoms with van der Waals surface area (Å²) in [5.74, 6) is 0.913. The first-order valence-corrected chi connectivity index (χ1v) is 7.09. The molecule has 0 spiro atoms. The van der Waals surface area contributed by atoms with E-state index in [-0.39, 0.29) is 18.0 Å². The van der Waals surface area contributed by atoms with Crippen molar-refractivity contribution < 1.29 is 9.53 Å². The fourth-order valence-electron chi connectivity index (χ4n) is 2.91. The topological polar surface area (TPSA) is 67.6 Å². The predicted molar refractivity (Wildman–Crippen MR) is 78.6 cm³/mol. The van der Waals surface area contributed by atoms with E-state index in [2.05, 4.69) is 10.2 Å². The highest BCUT2D eigenvalue weighted by Gasteiger charge is 2.34. The second kappa shape index (κ2) is 6.72. The molecule has 1 saturated heterocycles. The molecule has 2 unspecified atom stereocenters. The van der Waals surface area contributed by atoms with Crippen LogP contribution in [0, 0.1) is 0 Å². The van der Waals surface area contributed by atoms with Crippen molar-refractivity contribution in [2.24, 2.45) is 5.73 Å². The molecule has 1 heterocycles. The minimum Gasteiger partial charge on any atom is -0.496 e. The van der Waals surface area contributed by atoms with E-state index in [9.17, 15) is 4.79 Å². The fraction of sp³-hybridized carbons (Fsp3) is 0.533. The van der Waals surface area contributed by atoms with E-state index in [4.69, 9.17) is 10.5 Å². The molecule has 0 bridgehead atoms. The highest BCUT2D eigenvalue weighted by molar-refractivity contribution is 5.82. The monoisotopic (exact) mass is 277 g/mol. The molecule has 3 N–H and O–H groups in total. The van der Waals surface area contributed by atoms with Gasteiger partial charge < -0.3 is 15.8 Å². The molecule has 2 rings (SSSR count). The van der Waals surface area contributed by atoms with Gasteiger partial charge in [0.15, 0.2) is 0 Å². The zero-order valence-electron chi connectivity index (χ0n) is 12.1. The number of carbonyl (C=O) groups is 1. The summed E-state index contributed by atoms with van der Waals surface area (Å²) in [5.41, 5.74) is 7.04. The molecule has 1 aromatic rings. The van der Waals surface area contributed by atoms with E-state index < -0.39 is 0 Å². The van der Waals surface area contributed by atoms with E-state index in [0.29, 0.717) is 13.1 Å². The molecule has 1 fully saturated rings. The number of para-hydroxylation sites is 1. The van der Waals surface area contributed by atoms with Gasteiger partial charge in [-0.1, -0.05) is 25.1 Å². The van der Waals surface area contributed by atoms with Crippen LogP contribution in [-0.2, 0) is 4.79 Å². The summed E-state index contributed by atoms with van der Waals surface area (Å²) in [6.45, 7) is 3.97. The van der Waals surface area contributed by atoms with Crippen LogP contribution in [0.5, 0.6) is 5.75 Å². The van der Waals surface area contributed by atoms with Gasteiger partial charge in [0.05, 0.1) is 19.2 Å². The van der Waals surface area contributed by atoms with E-state index >= 15 is 0 Å². The van der Waals surface area contributed by atoms with Gasteiger partial charge in [-0.05, 0) is 12.5 Å². The predicted octanol–water partition coefficient (Wildman–Crippen LogP) is 0.905. The lowest BCUT2D eigenvalue weighted by atomic mass is 9.99. The van der Waals surface area contributed by atoms with Crippen molar-refractivity contribution in [2.45, 2.75) is 25.4 Å². The molecule has 0 radical (unpaired) electrons. The maximum Gasteiger partial charge on any atom is 0.237 e. The largest absolute Gasteiger partial charge is 0.496 e. The molecular formula is C15H23N3O2. The number of methoxy groups -OCH3 is 1. The number of hydrogen-bond acceptors (Lipinski definition) is 4. The zero-order chi connectivity index (χ0) is 14.5. The maximum absolute atomic E-state index is 12.0. The number of amides is 1. The average molecular weight is 277 g/mol. The lowest BCUT2D eigenvalue weighted by molar-refractivity contribution is -0.130. The highest BCUT2D eigenvalue weighted by Crippen LogP contribution is 2.31. The molecule has 1 aliphatic rings. The Hall–Kier alpha value is -1.59. The van der Waals surface area contributed by atoms with Gasteiger partial charge in [-0.15, -0.1) is 0 Å². The Labute approximate surface area is 120 Å². The van der Waals surface area contributed by atoms with E-state index in [1.54, 1.807) is 7.11 Å². The Morgan fingerprint density at radius 1 is 1.50 bits per heavy atom. The minimum absolute atomic E-state index is 0.00199. The average Bonchev–Trinajstić information content (AvgIpc) is 2.49. The summed E-state index contributed by atoms with van der Waals surface area (Å²) in [4.78, 5) is 14.2.